The summed E-state index contributed by atoms with van der Waals surface area (Å²) in [6, 6.07) is 14.1. The van der Waals surface area contributed by atoms with Gasteiger partial charge in [-0.2, -0.15) is 5.10 Å². The molecule has 6 heteroatoms. The maximum Gasteiger partial charge on any atom is 0.273 e. The number of amides is 1. The molecule has 1 N–H and O–H groups in total. The molecule has 0 saturated carbocycles. The van der Waals surface area contributed by atoms with Crippen molar-refractivity contribution in [2.24, 2.45) is 5.10 Å². The first kappa shape index (κ1) is 15.6. The Morgan fingerprint density at radius 2 is 1.62 bits per heavy atom. The zero-order valence-corrected chi connectivity index (χ0v) is 12.5. The molecule has 120 valence electrons. The van der Waals surface area contributed by atoms with E-state index in [4.69, 9.17) is 0 Å². The first-order valence-corrected chi connectivity index (χ1v) is 7.16. The molecule has 24 heavy (non-hydrogen) atoms. The van der Waals surface area contributed by atoms with Crippen molar-refractivity contribution in [2.45, 2.75) is 0 Å². The molecule has 0 bridgehead atoms. The number of nitrogens with one attached hydrogen (secondary N) is 1. The molecule has 3 aromatic rings. The maximum absolute atomic E-state index is 13.5. The van der Waals surface area contributed by atoms with E-state index in [-0.39, 0.29) is 5.56 Å². The highest BCUT2D eigenvalue weighted by Crippen LogP contribution is 2.14. The Kier molecular flexibility index (Phi) is 4.47. The summed E-state index contributed by atoms with van der Waals surface area (Å²) in [5.74, 6) is -1.98. The lowest BCUT2D eigenvalue weighted by Gasteiger charge is -2.09. The smallest absolute Gasteiger partial charge is 0.273 e. The molecule has 0 fully saturated rings. The third kappa shape index (κ3) is 3.22. The Morgan fingerprint density at radius 3 is 2.33 bits per heavy atom. The predicted molar refractivity (Wildman–Crippen MR) is 87.2 cm³/mol. The minimum atomic E-state index is -0.749. The summed E-state index contributed by atoms with van der Waals surface area (Å²) in [6.45, 7) is 0. The van der Waals surface area contributed by atoms with Crippen LogP contribution in [-0.4, -0.2) is 16.7 Å². The number of halogens is 2. The average Bonchev–Trinajstić information content (AvgIpc) is 3.12. The van der Waals surface area contributed by atoms with Crippen molar-refractivity contribution < 1.29 is 13.6 Å². The number of para-hydroxylation sites is 1. The highest BCUT2D eigenvalue weighted by molar-refractivity contribution is 5.98. The third-order valence-electron chi connectivity index (χ3n) is 3.39. The van der Waals surface area contributed by atoms with Crippen LogP contribution in [0.1, 0.15) is 15.9 Å². The largest absolute Gasteiger partial charge is 0.323 e. The second-order valence-electron chi connectivity index (χ2n) is 4.94. The second-order valence-corrected chi connectivity index (χ2v) is 4.94. The van der Waals surface area contributed by atoms with Crippen molar-refractivity contribution in [3.63, 3.8) is 0 Å². The SMILES string of the molecule is O=C(N/N=C\c1c(F)cccc1F)c1ccccc1-n1cccc1. The molecule has 2 aromatic carbocycles. The van der Waals surface area contributed by atoms with Gasteiger partial charge in [0.1, 0.15) is 11.6 Å². The number of nitrogens with zero attached hydrogens (tertiary/aromatic N) is 2. The van der Waals surface area contributed by atoms with Gasteiger partial charge in [0.25, 0.3) is 5.91 Å². The molecule has 4 nitrogen and oxygen atoms in total. The molecule has 0 aliphatic heterocycles. The fourth-order valence-electron chi connectivity index (χ4n) is 2.24. The number of rotatable bonds is 4. The highest BCUT2D eigenvalue weighted by Gasteiger charge is 2.11. The molecule has 0 radical (unpaired) electrons. The lowest BCUT2D eigenvalue weighted by atomic mass is 10.1. The first-order valence-electron chi connectivity index (χ1n) is 7.16. The lowest BCUT2D eigenvalue weighted by molar-refractivity contribution is 0.0955. The van der Waals surface area contributed by atoms with E-state index in [1.807, 2.05) is 30.6 Å². The van der Waals surface area contributed by atoms with Gasteiger partial charge in [-0.3, -0.25) is 4.79 Å². The van der Waals surface area contributed by atoms with Gasteiger partial charge < -0.3 is 4.57 Å². The molecule has 0 saturated heterocycles. The van der Waals surface area contributed by atoms with Gasteiger partial charge in [0.05, 0.1) is 23.0 Å². The maximum atomic E-state index is 13.5. The summed E-state index contributed by atoms with van der Waals surface area (Å²) >= 11 is 0. The number of aromatic nitrogens is 1. The van der Waals surface area contributed by atoms with E-state index in [1.165, 1.54) is 6.07 Å². The summed E-state index contributed by atoms with van der Waals surface area (Å²) in [5.41, 5.74) is 3.04. The van der Waals surface area contributed by atoms with Crippen LogP contribution in [0.5, 0.6) is 0 Å². The summed E-state index contributed by atoms with van der Waals surface area (Å²) in [4.78, 5) is 12.3. The molecule has 0 aliphatic rings. The van der Waals surface area contributed by atoms with Crippen LogP contribution >= 0.6 is 0 Å². The summed E-state index contributed by atoms with van der Waals surface area (Å²) in [5, 5.41) is 3.65. The number of hydrazone groups is 1. The van der Waals surface area contributed by atoms with Crippen LogP contribution in [0.4, 0.5) is 8.78 Å². The minimum Gasteiger partial charge on any atom is -0.323 e. The number of carbonyl (C=O) groups is 1. The third-order valence-corrected chi connectivity index (χ3v) is 3.39. The Bertz CT molecular complexity index is 869. The van der Waals surface area contributed by atoms with E-state index in [0.717, 1.165) is 18.3 Å². The van der Waals surface area contributed by atoms with Crippen LogP contribution in [0.15, 0.2) is 72.1 Å². The van der Waals surface area contributed by atoms with E-state index in [2.05, 4.69) is 10.5 Å². The Morgan fingerprint density at radius 1 is 0.958 bits per heavy atom. The fraction of sp³-hybridized carbons (Fsp3) is 0. The van der Waals surface area contributed by atoms with Gasteiger partial charge in [-0.15, -0.1) is 0 Å². The van der Waals surface area contributed by atoms with Crippen LogP contribution in [0.2, 0.25) is 0 Å². The standard InChI is InChI=1S/C18H13F2N3O/c19-15-7-5-8-16(20)14(15)12-21-22-18(24)13-6-1-2-9-17(13)23-10-3-4-11-23/h1-12H,(H,22,24)/b21-12-. The Balaban J connectivity index is 1.81. The van der Waals surface area contributed by atoms with Gasteiger partial charge in [-0.1, -0.05) is 18.2 Å². The van der Waals surface area contributed by atoms with Gasteiger partial charge in [0.2, 0.25) is 0 Å². The first-order chi connectivity index (χ1) is 11.7. The van der Waals surface area contributed by atoms with Crippen molar-refractivity contribution in [1.29, 1.82) is 0 Å². The van der Waals surface area contributed by atoms with Gasteiger partial charge in [0.15, 0.2) is 0 Å². The molecule has 1 amide bonds. The molecule has 1 heterocycles. The topological polar surface area (TPSA) is 46.4 Å². The predicted octanol–water partition coefficient (Wildman–Crippen LogP) is 3.52. The zero-order valence-electron chi connectivity index (χ0n) is 12.5. The number of carbonyl (C=O) groups excluding carboxylic acids is 1. The lowest BCUT2D eigenvalue weighted by Crippen LogP contribution is -2.19. The van der Waals surface area contributed by atoms with Crippen LogP contribution < -0.4 is 5.43 Å². The molecular weight excluding hydrogens is 312 g/mol. The van der Waals surface area contributed by atoms with E-state index in [1.54, 1.807) is 22.8 Å². The van der Waals surface area contributed by atoms with E-state index < -0.39 is 17.5 Å². The van der Waals surface area contributed by atoms with Crippen molar-refractivity contribution in [2.75, 3.05) is 0 Å². The zero-order chi connectivity index (χ0) is 16.9. The number of hydrogen-bond donors (Lipinski definition) is 1. The number of hydrogen-bond acceptors (Lipinski definition) is 2. The monoisotopic (exact) mass is 325 g/mol. The van der Waals surface area contributed by atoms with Gasteiger partial charge in [-0.05, 0) is 36.4 Å². The van der Waals surface area contributed by atoms with E-state index >= 15 is 0 Å². The molecule has 0 unspecified atom stereocenters. The van der Waals surface area contributed by atoms with Gasteiger partial charge >= 0.3 is 0 Å². The van der Waals surface area contributed by atoms with Crippen molar-refractivity contribution in [1.82, 2.24) is 9.99 Å². The fourth-order valence-corrected chi connectivity index (χ4v) is 2.24. The molecule has 0 atom stereocenters. The quantitative estimate of drug-likeness (QED) is 0.579. The summed E-state index contributed by atoms with van der Waals surface area (Å²) < 4.78 is 28.8. The summed E-state index contributed by atoms with van der Waals surface area (Å²) in [7, 11) is 0. The molecule has 3 rings (SSSR count). The van der Waals surface area contributed by atoms with E-state index in [9.17, 15) is 13.6 Å². The number of benzene rings is 2. The minimum absolute atomic E-state index is 0.309. The van der Waals surface area contributed by atoms with Crippen molar-refractivity contribution in [3.05, 3.63) is 89.8 Å². The molecular formula is C18H13F2N3O. The van der Waals surface area contributed by atoms with Crippen LogP contribution in [0, 0.1) is 11.6 Å². The summed E-state index contributed by atoms with van der Waals surface area (Å²) in [6.07, 6.45) is 4.56. The van der Waals surface area contributed by atoms with Crippen LogP contribution in [0.3, 0.4) is 0 Å². The van der Waals surface area contributed by atoms with Crippen LogP contribution in [0.25, 0.3) is 5.69 Å². The Labute approximate surface area is 137 Å². The van der Waals surface area contributed by atoms with E-state index in [0.29, 0.717) is 11.3 Å². The molecule has 0 aliphatic carbocycles. The van der Waals surface area contributed by atoms with Gasteiger partial charge in [0, 0.05) is 12.4 Å². The van der Waals surface area contributed by atoms with Crippen LogP contribution in [-0.2, 0) is 0 Å². The Hall–Kier alpha value is -3.28. The second kappa shape index (κ2) is 6.87. The van der Waals surface area contributed by atoms with Crippen molar-refractivity contribution in [3.8, 4) is 5.69 Å². The van der Waals surface area contributed by atoms with Gasteiger partial charge in [-0.25, -0.2) is 14.2 Å². The van der Waals surface area contributed by atoms with Crippen molar-refractivity contribution >= 4 is 12.1 Å². The normalized spacial score (nSPS) is 10.9. The highest BCUT2D eigenvalue weighted by atomic mass is 19.1. The average molecular weight is 325 g/mol. The molecule has 0 spiro atoms. The molecule has 1 aromatic heterocycles.